The molecule has 1 aromatic heterocycles. The summed E-state index contributed by atoms with van der Waals surface area (Å²) >= 11 is 0. The van der Waals surface area contributed by atoms with Gasteiger partial charge in [-0.1, -0.05) is 18.2 Å². The maximum Gasteiger partial charge on any atom is 0.243 e. The molecule has 1 aromatic carbocycles. The van der Waals surface area contributed by atoms with Crippen LogP contribution in [0.3, 0.4) is 0 Å². The third-order valence-electron chi connectivity index (χ3n) is 2.94. The monoisotopic (exact) mass is 276 g/mol. The minimum absolute atomic E-state index is 0.333. The van der Waals surface area contributed by atoms with Gasteiger partial charge >= 0.3 is 0 Å². The van der Waals surface area contributed by atoms with Crippen molar-refractivity contribution < 1.29 is 8.42 Å². The zero-order chi connectivity index (χ0) is 13.9. The molecule has 0 radical (unpaired) electrons. The fourth-order valence-electron chi connectivity index (χ4n) is 1.84. The summed E-state index contributed by atoms with van der Waals surface area (Å²) in [5, 5.41) is 0. The van der Waals surface area contributed by atoms with Crippen LogP contribution in [0.15, 0.2) is 53.7 Å². The van der Waals surface area contributed by atoms with E-state index in [0.717, 1.165) is 11.1 Å². The molecule has 2 aromatic rings. The third-order valence-corrected chi connectivity index (χ3v) is 4.90. The van der Waals surface area contributed by atoms with Crippen molar-refractivity contribution in [1.82, 2.24) is 9.29 Å². The fraction of sp³-hybridized carbons (Fsp3) is 0.214. The molecule has 0 fully saturated rings. The molecule has 0 saturated heterocycles. The number of rotatable bonds is 4. The van der Waals surface area contributed by atoms with Crippen LogP contribution in [0.1, 0.15) is 11.1 Å². The average Bonchev–Trinajstić information content (AvgIpc) is 2.40. The van der Waals surface area contributed by atoms with Gasteiger partial charge in [0.05, 0.1) is 4.90 Å². The third kappa shape index (κ3) is 3.00. The lowest BCUT2D eigenvalue weighted by molar-refractivity contribution is 0.466. The zero-order valence-corrected chi connectivity index (χ0v) is 11.8. The standard InChI is InChI=1S/C14H16N2O2S/c1-12-5-3-4-6-14(12)19(17,18)16(2)11-13-7-9-15-10-8-13/h3-10H,11H2,1-2H3. The lowest BCUT2D eigenvalue weighted by Crippen LogP contribution is -2.27. The molecule has 100 valence electrons. The second kappa shape index (κ2) is 5.50. The van der Waals surface area contributed by atoms with Crippen LogP contribution in [0.25, 0.3) is 0 Å². The summed E-state index contributed by atoms with van der Waals surface area (Å²) in [4.78, 5) is 4.27. The molecule has 5 heteroatoms. The minimum Gasteiger partial charge on any atom is -0.265 e. The number of hydrogen-bond acceptors (Lipinski definition) is 3. The predicted octanol–water partition coefficient (Wildman–Crippen LogP) is 2.21. The van der Waals surface area contributed by atoms with E-state index in [4.69, 9.17) is 0 Å². The first kappa shape index (κ1) is 13.7. The van der Waals surface area contributed by atoms with Crippen molar-refractivity contribution in [3.63, 3.8) is 0 Å². The summed E-state index contributed by atoms with van der Waals surface area (Å²) in [6.45, 7) is 2.13. The highest BCUT2D eigenvalue weighted by molar-refractivity contribution is 7.89. The van der Waals surface area contributed by atoms with Crippen molar-refractivity contribution in [2.45, 2.75) is 18.4 Å². The second-order valence-corrected chi connectivity index (χ2v) is 6.40. The van der Waals surface area contributed by atoms with Crippen LogP contribution >= 0.6 is 0 Å². The van der Waals surface area contributed by atoms with Crippen LogP contribution < -0.4 is 0 Å². The van der Waals surface area contributed by atoms with Crippen LogP contribution in [0.5, 0.6) is 0 Å². The number of pyridine rings is 1. The summed E-state index contributed by atoms with van der Waals surface area (Å²) in [7, 11) is -1.87. The van der Waals surface area contributed by atoms with Crippen molar-refractivity contribution in [2.75, 3.05) is 7.05 Å². The Morgan fingerprint density at radius 3 is 2.37 bits per heavy atom. The lowest BCUT2D eigenvalue weighted by Gasteiger charge is -2.18. The molecule has 2 rings (SSSR count). The van der Waals surface area contributed by atoms with E-state index in [-0.39, 0.29) is 0 Å². The lowest BCUT2D eigenvalue weighted by atomic mass is 10.2. The van der Waals surface area contributed by atoms with Gasteiger partial charge in [-0.3, -0.25) is 4.98 Å². The second-order valence-electron chi connectivity index (χ2n) is 4.38. The molecule has 1 heterocycles. The van der Waals surface area contributed by atoms with Gasteiger partial charge < -0.3 is 0 Å². The highest BCUT2D eigenvalue weighted by atomic mass is 32.2. The van der Waals surface area contributed by atoms with Gasteiger partial charge in [0, 0.05) is 26.0 Å². The minimum atomic E-state index is -3.45. The normalized spacial score (nSPS) is 11.7. The number of sulfonamides is 1. The molecular formula is C14H16N2O2S. The van der Waals surface area contributed by atoms with Crippen LogP contribution in [-0.2, 0) is 16.6 Å². The van der Waals surface area contributed by atoms with E-state index in [1.807, 2.05) is 18.2 Å². The van der Waals surface area contributed by atoms with Gasteiger partial charge in [0.15, 0.2) is 0 Å². The molecule has 0 amide bonds. The zero-order valence-electron chi connectivity index (χ0n) is 10.9. The van der Waals surface area contributed by atoms with E-state index in [2.05, 4.69) is 4.98 Å². The summed E-state index contributed by atoms with van der Waals surface area (Å²) in [6, 6.07) is 10.6. The van der Waals surface area contributed by atoms with Crippen molar-refractivity contribution in [3.8, 4) is 0 Å². The van der Waals surface area contributed by atoms with Gasteiger partial charge in [-0.2, -0.15) is 4.31 Å². The van der Waals surface area contributed by atoms with E-state index >= 15 is 0 Å². The van der Waals surface area contributed by atoms with E-state index in [0.29, 0.717) is 11.4 Å². The molecule has 0 aliphatic carbocycles. The Bertz CT molecular complexity index is 654. The average molecular weight is 276 g/mol. The molecule has 19 heavy (non-hydrogen) atoms. The van der Waals surface area contributed by atoms with Crippen molar-refractivity contribution in [1.29, 1.82) is 0 Å². The predicted molar refractivity (Wildman–Crippen MR) is 74.1 cm³/mol. The van der Waals surface area contributed by atoms with Crippen molar-refractivity contribution in [3.05, 3.63) is 59.9 Å². The topological polar surface area (TPSA) is 50.3 Å². The van der Waals surface area contributed by atoms with Gasteiger partial charge in [-0.05, 0) is 36.2 Å². The van der Waals surface area contributed by atoms with Gasteiger partial charge in [0.1, 0.15) is 0 Å². The highest BCUT2D eigenvalue weighted by Crippen LogP contribution is 2.19. The van der Waals surface area contributed by atoms with E-state index in [1.165, 1.54) is 4.31 Å². The van der Waals surface area contributed by atoms with Crippen LogP contribution in [0.4, 0.5) is 0 Å². The molecule has 4 nitrogen and oxygen atoms in total. The summed E-state index contributed by atoms with van der Waals surface area (Å²) in [5.41, 5.74) is 1.67. The largest absolute Gasteiger partial charge is 0.265 e. The van der Waals surface area contributed by atoms with Gasteiger partial charge in [-0.25, -0.2) is 8.42 Å². The molecular weight excluding hydrogens is 260 g/mol. The number of aromatic nitrogens is 1. The molecule has 0 N–H and O–H groups in total. The number of hydrogen-bond donors (Lipinski definition) is 0. The highest BCUT2D eigenvalue weighted by Gasteiger charge is 2.22. The Kier molecular flexibility index (Phi) is 3.97. The molecule has 0 aliphatic heterocycles. The fourth-order valence-corrected chi connectivity index (χ4v) is 3.22. The quantitative estimate of drug-likeness (QED) is 0.860. The Labute approximate surface area is 113 Å². The summed E-state index contributed by atoms with van der Waals surface area (Å²) in [5.74, 6) is 0. The maximum absolute atomic E-state index is 12.5. The van der Waals surface area contributed by atoms with Crippen molar-refractivity contribution >= 4 is 10.0 Å². The Hall–Kier alpha value is -1.72. The molecule has 0 saturated carbocycles. The Morgan fingerprint density at radius 1 is 1.11 bits per heavy atom. The van der Waals surface area contributed by atoms with E-state index < -0.39 is 10.0 Å². The first-order valence-corrected chi connectivity index (χ1v) is 7.36. The Morgan fingerprint density at radius 2 is 1.74 bits per heavy atom. The van der Waals surface area contributed by atoms with E-state index in [1.54, 1.807) is 44.6 Å². The smallest absolute Gasteiger partial charge is 0.243 e. The van der Waals surface area contributed by atoms with Gasteiger partial charge in [0.2, 0.25) is 10.0 Å². The first-order valence-electron chi connectivity index (χ1n) is 5.92. The molecule has 0 unspecified atom stereocenters. The van der Waals surface area contributed by atoms with Crippen LogP contribution in [-0.4, -0.2) is 24.8 Å². The van der Waals surface area contributed by atoms with Gasteiger partial charge in [-0.15, -0.1) is 0 Å². The SMILES string of the molecule is Cc1ccccc1S(=O)(=O)N(C)Cc1ccncc1. The molecule has 0 bridgehead atoms. The van der Waals surface area contributed by atoms with E-state index in [9.17, 15) is 8.42 Å². The molecule has 0 atom stereocenters. The number of benzene rings is 1. The maximum atomic E-state index is 12.5. The molecule has 0 aliphatic rings. The number of nitrogens with zero attached hydrogens (tertiary/aromatic N) is 2. The Balaban J connectivity index is 2.28. The summed E-state index contributed by atoms with van der Waals surface area (Å²) < 4.78 is 26.3. The van der Waals surface area contributed by atoms with Crippen LogP contribution in [0, 0.1) is 6.92 Å². The summed E-state index contributed by atoms with van der Waals surface area (Å²) in [6.07, 6.45) is 3.31. The van der Waals surface area contributed by atoms with Gasteiger partial charge in [0.25, 0.3) is 0 Å². The van der Waals surface area contributed by atoms with Crippen molar-refractivity contribution in [2.24, 2.45) is 0 Å². The van der Waals surface area contributed by atoms with Crippen LogP contribution in [0.2, 0.25) is 0 Å². The first-order chi connectivity index (χ1) is 9.01. The number of aryl methyl sites for hydroxylation is 1. The molecule has 0 spiro atoms.